The minimum absolute atomic E-state index is 0.594. The summed E-state index contributed by atoms with van der Waals surface area (Å²) in [5, 5.41) is 0. The Labute approximate surface area is 73.3 Å². The second-order valence-corrected chi connectivity index (χ2v) is 2.95. The molecule has 2 N–H and O–H groups in total. The van der Waals surface area contributed by atoms with Crippen molar-refractivity contribution in [3.63, 3.8) is 0 Å². The predicted octanol–water partition coefficient (Wildman–Crippen LogP) is 1.77. The van der Waals surface area contributed by atoms with E-state index in [1.54, 1.807) is 7.11 Å². The van der Waals surface area contributed by atoms with E-state index in [9.17, 15) is 0 Å². The van der Waals surface area contributed by atoms with Crippen LogP contribution in [0.25, 0.3) is 0 Å². The molecule has 0 saturated carbocycles. The number of rotatable bonds is 2. The van der Waals surface area contributed by atoms with Crippen LogP contribution in [-0.4, -0.2) is 7.11 Å². The zero-order valence-corrected chi connectivity index (χ0v) is 7.85. The van der Waals surface area contributed by atoms with Gasteiger partial charge in [-0.05, 0) is 36.6 Å². The van der Waals surface area contributed by atoms with E-state index in [0.717, 1.165) is 11.3 Å². The lowest BCUT2D eigenvalue weighted by Crippen LogP contribution is -2.00. The van der Waals surface area contributed by atoms with Gasteiger partial charge in [0.05, 0.1) is 7.11 Å². The first-order valence-electron chi connectivity index (χ1n) is 4.03. The van der Waals surface area contributed by atoms with Crippen LogP contribution in [0.1, 0.15) is 16.7 Å². The monoisotopic (exact) mass is 165 g/mol. The highest BCUT2D eigenvalue weighted by atomic mass is 16.5. The molecule has 1 rings (SSSR count). The minimum atomic E-state index is 0.594. The molecule has 1 aromatic rings. The van der Waals surface area contributed by atoms with Gasteiger partial charge in [0.2, 0.25) is 0 Å². The van der Waals surface area contributed by atoms with E-state index in [1.807, 2.05) is 19.9 Å². The topological polar surface area (TPSA) is 35.2 Å². The van der Waals surface area contributed by atoms with Crippen LogP contribution in [0.3, 0.4) is 0 Å². The molecule has 12 heavy (non-hydrogen) atoms. The second-order valence-electron chi connectivity index (χ2n) is 2.95. The Balaban J connectivity index is 3.16. The summed E-state index contributed by atoms with van der Waals surface area (Å²) < 4.78 is 5.18. The molecule has 0 heterocycles. The fourth-order valence-corrected chi connectivity index (χ4v) is 1.29. The molecule has 0 spiro atoms. The van der Waals surface area contributed by atoms with E-state index in [0.29, 0.717) is 6.54 Å². The van der Waals surface area contributed by atoms with Gasteiger partial charge in [-0.25, -0.2) is 0 Å². The molecule has 0 bridgehead atoms. The van der Waals surface area contributed by atoms with E-state index in [1.165, 1.54) is 11.1 Å². The molecule has 1 aromatic carbocycles. The average Bonchev–Trinajstić information content (AvgIpc) is 2.08. The molecular formula is C10H15NO. The Morgan fingerprint density at radius 3 is 2.42 bits per heavy atom. The lowest BCUT2D eigenvalue weighted by Gasteiger charge is -2.09. The Bertz CT molecular complexity index is 252. The quantitative estimate of drug-likeness (QED) is 0.724. The first-order chi connectivity index (χ1) is 5.69. The van der Waals surface area contributed by atoms with Crippen molar-refractivity contribution >= 4 is 0 Å². The van der Waals surface area contributed by atoms with Gasteiger partial charge in [-0.3, -0.25) is 0 Å². The number of aryl methyl sites for hydroxylation is 2. The average molecular weight is 165 g/mol. The lowest BCUT2D eigenvalue weighted by molar-refractivity contribution is 0.411. The van der Waals surface area contributed by atoms with Gasteiger partial charge in [-0.2, -0.15) is 0 Å². The van der Waals surface area contributed by atoms with Crippen LogP contribution in [0.5, 0.6) is 5.75 Å². The third kappa shape index (κ3) is 1.59. The first-order valence-corrected chi connectivity index (χ1v) is 4.03. The van der Waals surface area contributed by atoms with E-state index < -0.39 is 0 Å². The minimum Gasteiger partial charge on any atom is -0.496 e. The van der Waals surface area contributed by atoms with Crippen molar-refractivity contribution < 1.29 is 4.74 Å². The highest BCUT2D eigenvalue weighted by molar-refractivity contribution is 5.41. The van der Waals surface area contributed by atoms with Gasteiger partial charge in [-0.1, -0.05) is 6.07 Å². The third-order valence-electron chi connectivity index (χ3n) is 2.07. The summed E-state index contributed by atoms with van der Waals surface area (Å²) in [4.78, 5) is 0. The Hall–Kier alpha value is -1.02. The van der Waals surface area contributed by atoms with Crippen LogP contribution in [-0.2, 0) is 6.54 Å². The molecule has 66 valence electrons. The van der Waals surface area contributed by atoms with Crippen LogP contribution in [0.2, 0.25) is 0 Å². The zero-order valence-electron chi connectivity index (χ0n) is 7.85. The fourth-order valence-electron chi connectivity index (χ4n) is 1.29. The molecular weight excluding hydrogens is 150 g/mol. The largest absolute Gasteiger partial charge is 0.496 e. The van der Waals surface area contributed by atoms with Crippen LogP contribution >= 0.6 is 0 Å². The highest BCUT2D eigenvalue weighted by Crippen LogP contribution is 2.21. The molecule has 0 saturated heterocycles. The summed E-state index contributed by atoms with van der Waals surface area (Å²) in [6, 6.07) is 4.10. The number of benzene rings is 1. The molecule has 0 aliphatic heterocycles. The van der Waals surface area contributed by atoms with Crippen molar-refractivity contribution in [2.75, 3.05) is 7.11 Å². The van der Waals surface area contributed by atoms with E-state index in [4.69, 9.17) is 10.5 Å². The number of hydrogen-bond donors (Lipinski definition) is 1. The number of methoxy groups -OCH3 is 1. The van der Waals surface area contributed by atoms with E-state index >= 15 is 0 Å². The first kappa shape index (κ1) is 9.07. The molecule has 0 fully saturated rings. The zero-order chi connectivity index (χ0) is 9.14. The molecule has 0 aromatic heterocycles. The van der Waals surface area contributed by atoms with Gasteiger partial charge in [0, 0.05) is 6.54 Å². The maximum atomic E-state index is 5.57. The summed E-state index contributed by atoms with van der Waals surface area (Å²) >= 11 is 0. The molecule has 0 aliphatic carbocycles. The summed E-state index contributed by atoms with van der Waals surface area (Å²) in [6.07, 6.45) is 0. The Morgan fingerprint density at radius 2 is 1.92 bits per heavy atom. The SMILES string of the molecule is COc1cc(C)c(CN)cc1C. The molecule has 0 radical (unpaired) electrons. The summed E-state index contributed by atoms with van der Waals surface area (Å²) in [7, 11) is 1.68. The molecule has 0 aliphatic rings. The van der Waals surface area contributed by atoms with Crippen molar-refractivity contribution in [2.45, 2.75) is 20.4 Å². The predicted molar refractivity (Wildman–Crippen MR) is 50.4 cm³/mol. The van der Waals surface area contributed by atoms with Gasteiger partial charge in [0.15, 0.2) is 0 Å². The van der Waals surface area contributed by atoms with Gasteiger partial charge in [-0.15, -0.1) is 0 Å². The summed E-state index contributed by atoms with van der Waals surface area (Å²) in [5.41, 5.74) is 9.10. The van der Waals surface area contributed by atoms with Crippen LogP contribution < -0.4 is 10.5 Å². The smallest absolute Gasteiger partial charge is 0.122 e. The van der Waals surface area contributed by atoms with Crippen molar-refractivity contribution in [1.82, 2.24) is 0 Å². The number of hydrogen-bond acceptors (Lipinski definition) is 2. The second kappa shape index (κ2) is 3.59. The van der Waals surface area contributed by atoms with Crippen LogP contribution in [0.15, 0.2) is 12.1 Å². The maximum Gasteiger partial charge on any atom is 0.122 e. The van der Waals surface area contributed by atoms with Crippen LogP contribution in [0, 0.1) is 13.8 Å². The van der Waals surface area contributed by atoms with Crippen molar-refractivity contribution in [2.24, 2.45) is 5.73 Å². The fraction of sp³-hybridized carbons (Fsp3) is 0.400. The third-order valence-corrected chi connectivity index (χ3v) is 2.07. The summed E-state index contributed by atoms with van der Waals surface area (Å²) in [5.74, 6) is 0.935. The Kier molecular flexibility index (Phi) is 2.71. The van der Waals surface area contributed by atoms with Gasteiger partial charge >= 0.3 is 0 Å². The molecule has 0 amide bonds. The number of nitrogens with two attached hydrogens (primary N) is 1. The van der Waals surface area contributed by atoms with Gasteiger partial charge in [0.1, 0.15) is 5.75 Å². The molecule has 0 unspecified atom stereocenters. The normalized spacial score (nSPS) is 10.0. The van der Waals surface area contributed by atoms with Gasteiger partial charge in [0.25, 0.3) is 0 Å². The molecule has 2 nitrogen and oxygen atoms in total. The van der Waals surface area contributed by atoms with Crippen molar-refractivity contribution in [3.05, 3.63) is 28.8 Å². The van der Waals surface area contributed by atoms with Crippen molar-refractivity contribution in [3.8, 4) is 5.75 Å². The molecule has 2 heteroatoms. The lowest BCUT2D eigenvalue weighted by atomic mass is 10.0. The summed E-state index contributed by atoms with van der Waals surface area (Å²) in [6.45, 7) is 4.66. The van der Waals surface area contributed by atoms with E-state index in [-0.39, 0.29) is 0 Å². The number of ether oxygens (including phenoxy) is 1. The Morgan fingerprint density at radius 1 is 1.25 bits per heavy atom. The van der Waals surface area contributed by atoms with Crippen molar-refractivity contribution in [1.29, 1.82) is 0 Å². The molecule has 0 atom stereocenters. The van der Waals surface area contributed by atoms with Crippen LogP contribution in [0.4, 0.5) is 0 Å². The maximum absolute atomic E-state index is 5.57. The highest BCUT2D eigenvalue weighted by Gasteiger charge is 2.02. The van der Waals surface area contributed by atoms with Gasteiger partial charge < -0.3 is 10.5 Å². The standard InChI is InChI=1S/C10H15NO/c1-7-5-10(12-3)8(2)4-9(7)6-11/h4-5H,6,11H2,1-3H3. The van der Waals surface area contributed by atoms with E-state index in [2.05, 4.69) is 6.07 Å².